The lowest BCUT2D eigenvalue weighted by Crippen LogP contribution is -2.33. The average molecular weight is 302 g/mol. The first kappa shape index (κ1) is 16.1. The third kappa shape index (κ3) is 3.30. The molecule has 1 aromatic heterocycles. The molecule has 1 N–H and O–H groups in total. The fourth-order valence-corrected chi connectivity index (χ4v) is 2.40. The van der Waals surface area contributed by atoms with Crippen molar-refractivity contribution in [3.8, 4) is 0 Å². The minimum Gasteiger partial charge on any atom is -0.422 e. The Morgan fingerprint density at radius 1 is 1.32 bits per heavy atom. The Morgan fingerprint density at radius 3 is 2.59 bits per heavy atom. The molecule has 22 heavy (non-hydrogen) atoms. The molecule has 0 saturated heterocycles. The number of amides is 1. The summed E-state index contributed by atoms with van der Waals surface area (Å²) in [4.78, 5) is 26.0. The molecule has 5 heteroatoms. The van der Waals surface area contributed by atoms with Crippen LogP contribution in [0, 0.1) is 6.92 Å². The van der Waals surface area contributed by atoms with Gasteiger partial charge in [-0.2, -0.15) is 0 Å². The number of nitrogens with one attached hydrogen (secondary N) is 1. The van der Waals surface area contributed by atoms with Gasteiger partial charge >= 0.3 is 5.63 Å². The van der Waals surface area contributed by atoms with E-state index in [2.05, 4.69) is 5.32 Å². The van der Waals surface area contributed by atoms with Gasteiger partial charge in [0.25, 0.3) is 0 Å². The molecule has 0 radical (unpaired) electrons. The minimum atomic E-state index is -0.445. The Morgan fingerprint density at radius 2 is 2.00 bits per heavy atom. The van der Waals surface area contributed by atoms with Crippen LogP contribution in [0.5, 0.6) is 0 Å². The van der Waals surface area contributed by atoms with Gasteiger partial charge in [-0.15, -0.1) is 0 Å². The Labute approximate surface area is 129 Å². The van der Waals surface area contributed by atoms with Crippen molar-refractivity contribution < 1.29 is 9.21 Å². The van der Waals surface area contributed by atoms with Crippen LogP contribution in [0.1, 0.15) is 25.0 Å². The molecule has 0 aliphatic rings. The second-order valence-electron chi connectivity index (χ2n) is 5.97. The number of fused-ring (bicyclic) bond motifs is 1. The lowest BCUT2D eigenvalue weighted by molar-refractivity contribution is -0.120. The molecular weight excluding hydrogens is 280 g/mol. The molecule has 0 atom stereocenters. The van der Waals surface area contributed by atoms with Gasteiger partial charge in [0, 0.05) is 37.3 Å². The zero-order valence-electron chi connectivity index (χ0n) is 13.7. The second-order valence-corrected chi connectivity index (χ2v) is 5.97. The number of aryl methyl sites for hydroxylation is 1. The molecule has 0 unspecified atom stereocenters. The summed E-state index contributed by atoms with van der Waals surface area (Å²) >= 11 is 0. The SMILES string of the molecule is Cc1c(CC(=O)NC(C)C)c(=O)oc2cc(N(C)C)ccc12. The van der Waals surface area contributed by atoms with E-state index in [-0.39, 0.29) is 18.4 Å². The number of benzene rings is 1. The fraction of sp³-hybridized carbons (Fsp3) is 0.412. The first-order valence-electron chi connectivity index (χ1n) is 7.32. The Kier molecular flexibility index (Phi) is 4.54. The number of anilines is 1. The van der Waals surface area contributed by atoms with Gasteiger partial charge in [0.1, 0.15) is 5.58 Å². The van der Waals surface area contributed by atoms with E-state index in [1.165, 1.54) is 0 Å². The maximum atomic E-state index is 12.2. The van der Waals surface area contributed by atoms with Crippen LogP contribution < -0.4 is 15.8 Å². The Bertz CT molecular complexity index is 760. The van der Waals surface area contributed by atoms with Crippen LogP contribution in [0.25, 0.3) is 11.0 Å². The van der Waals surface area contributed by atoms with Gasteiger partial charge in [-0.05, 0) is 38.5 Å². The van der Waals surface area contributed by atoms with Crippen LogP contribution >= 0.6 is 0 Å². The van der Waals surface area contributed by atoms with Crippen LogP contribution in [-0.4, -0.2) is 26.0 Å². The summed E-state index contributed by atoms with van der Waals surface area (Å²) in [6.07, 6.45) is 0.0394. The lowest BCUT2D eigenvalue weighted by Gasteiger charge is -2.14. The summed E-state index contributed by atoms with van der Waals surface area (Å²) in [7, 11) is 3.85. The van der Waals surface area contributed by atoms with Crippen LogP contribution in [0.2, 0.25) is 0 Å². The largest absolute Gasteiger partial charge is 0.422 e. The smallest absolute Gasteiger partial charge is 0.340 e. The van der Waals surface area contributed by atoms with Gasteiger partial charge < -0.3 is 14.6 Å². The average Bonchev–Trinajstić information content (AvgIpc) is 2.42. The summed E-state index contributed by atoms with van der Waals surface area (Å²) in [6, 6.07) is 5.77. The summed E-state index contributed by atoms with van der Waals surface area (Å²) in [5.74, 6) is -0.172. The van der Waals surface area contributed by atoms with E-state index in [1.807, 2.05) is 58.0 Å². The number of nitrogens with zero attached hydrogens (tertiary/aromatic N) is 1. The number of hydrogen-bond donors (Lipinski definition) is 1. The molecule has 5 nitrogen and oxygen atoms in total. The molecule has 0 spiro atoms. The van der Waals surface area contributed by atoms with Crippen molar-refractivity contribution in [1.82, 2.24) is 5.32 Å². The Hall–Kier alpha value is -2.30. The molecule has 0 aliphatic heterocycles. The first-order valence-corrected chi connectivity index (χ1v) is 7.32. The quantitative estimate of drug-likeness (QED) is 0.880. The van der Waals surface area contributed by atoms with E-state index >= 15 is 0 Å². The van der Waals surface area contributed by atoms with Gasteiger partial charge in [-0.25, -0.2) is 4.79 Å². The van der Waals surface area contributed by atoms with Gasteiger partial charge in [-0.3, -0.25) is 4.79 Å². The highest BCUT2D eigenvalue weighted by Gasteiger charge is 2.15. The Balaban J connectivity index is 2.47. The van der Waals surface area contributed by atoms with Gasteiger partial charge in [0.15, 0.2) is 0 Å². The third-order valence-corrected chi connectivity index (χ3v) is 3.57. The van der Waals surface area contributed by atoms with Gasteiger partial charge in [0.05, 0.1) is 12.0 Å². The van der Waals surface area contributed by atoms with E-state index in [0.717, 1.165) is 16.6 Å². The zero-order valence-corrected chi connectivity index (χ0v) is 13.7. The molecule has 1 aromatic carbocycles. The number of carbonyl (C=O) groups excluding carboxylic acids is 1. The molecule has 1 amide bonds. The fourth-order valence-electron chi connectivity index (χ4n) is 2.40. The van der Waals surface area contributed by atoms with Crippen LogP contribution in [0.4, 0.5) is 5.69 Å². The van der Waals surface area contributed by atoms with Gasteiger partial charge in [-0.1, -0.05) is 0 Å². The summed E-state index contributed by atoms with van der Waals surface area (Å²) in [6.45, 7) is 5.62. The molecule has 0 saturated carbocycles. The summed E-state index contributed by atoms with van der Waals surface area (Å²) in [5.41, 5.74) is 2.28. The maximum Gasteiger partial charge on any atom is 0.340 e. The molecule has 0 bridgehead atoms. The standard InChI is InChI=1S/C17H22N2O3/c1-10(2)18-16(20)9-14-11(3)13-7-6-12(19(4)5)8-15(13)22-17(14)21/h6-8,10H,9H2,1-5H3,(H,18,20). The van der Waals surface area contributed by atoms with Crippen LogP contribution in [-0.2, 0) is 11.2 Å². The zero-order chi connectivity index (χ0) is 16.4. The molecule has 2 rings (SSSR count). The predicted octanol–water partition coefficient (Wildman–Crippen LogP) is 2.23. The first-order chi connectivity index (χ1) is 10.3. The highest BCUT2D eigenvalue weighted by atomic mass is 16.4. The van der Waals surface area contributed by atoms with E-state index in [1.54, 1.807) is 0 Å². The van der Waals surface area contributed by atoms with E-state index in [0.29, 0.717) is 11.1 Å². The molecule has 2 aromatic rings. The highest BCUT2D eigenvalue weighted by Crippen LogP contribution is 2.24. The van der Waals surface area contributed by atoms with Gasteiger partial charge in [0.2, 0.25) is 5.91 Å². The molecular formula is C17H22N2O3. The summed E-state index contributed by atoms with van der Waals surface area (Å²) in [5, 5.41) is 3.65. The molecule has 118 valence electrons. The number of hydrogen-bond acceptors (Lipinski definition) is 4. The number of rotatable bonds is 4. The molecule has 0 aliphatic carbocycles. The van der Waals surface area contributed by atoms with Crippen molar-refractivity contribution in [3.05, 3.63) is 39.7 Å². The van der Waals surface area contributed by atoms with E-state index in [4.69, 9.17) is 4.42 Å². The van der Waals surface area contributed by atoms with Crippen molar-refractivity contribution in [3.63, 3.8) is 0 Å². The second kappa shape index (κ2) is 6.22. The monoisotopic (exact) mass is 302 g/mol. The lowest BCUT2D eigenvalue weighted by atomic mass is 10.0. The number of carbonyl (C=O) groups is 1. The predicted molar refractivity (Wildman–Crippen MR) is 88.5 cm³/mol. The van der Waals surface area contributed by atoms with Crippen LogP contribution in [0.15, 0.2) is 27.4 Å². The highest BCUT2D eigenvalue weighted by molar-refractivity contribution is 5.86. The van der Waals surface area contributed by atoms with Crippen molar-refractivity contribution in [2.45, 2.75) is 33.2 Å². The molecule has 1 heterocycles. The van der Waals surface area contributed by atoms with Crippen LogP contribution in [0.3, 0.4) is 0 Å². The van der Waals surface area contributed by atoms with Crippen molar-refractivity contribution in [1.29, 1.82) is 0 Å². The van der Waals surface area contributed by atoms with E-state index in [9.17, 15) is 9.59 Å². The molecule has 0 fully saturated rings. The normalized spacial score (nSPS) is 11.0. The third-order valence-electron chi connectivity index (χ3n) is 3.57. The van der Waals surface area contributed by atoms with Crippen molar-refractivity contribution in [2.24, 2.45) is 0 Å². The topological polar surface area (TPSA) is 62.6 Å². The van der Waals surface area contributed by atoms with Crippen molar-refractivity contribution in [2.75, 3.05) is 19.0 Å². The minimum absolute atomic E-state index is 0.0394. The van der Waals surface area contributed by atoms with E-state index < -0.39 is 5.63 Å². The summed E-state index contributed by atoms with van der Waals surface area (Å²) < 4.78 is 5.41. The van der Waals surface area contributed by atoms with Crippen molar-refractivity contribution >= 4 is 22.6 Å². The maximum absolute atomic E-state index is 12.2.